The minimum Gasteiger partial charge on any atom is -0.504 e. The number of aromatic hydroxyl groups is 1. The van der Waals surface area contributed by atoms with Crippen molar-refractivity contribution in [2.45, 2.75) is 6.10 Å². The van der Waals surface area contributed by atoms with Crippen molar-refractivity contribution in [2.24, 2.45) is 0 Å². The Morgan fingerprint density at radius 2 is 2.23 bits per heavy atom. The summed E-state index contributed by atoms with van der Waals surface area (Å²) < 4.78 is 4.83. The van der Waals surface area contributed by atoms with Crippen molar-refractivity contribution in [2.75, 3.05) is 7.11 Å². The van der Waals surface area contributed by atoms with Crippen LogP contribution in [-0.2, 0) is 0 Å². The fourth-order valence-electron chi connectivity index (χ4n) is 0.973. The largest absolute Gasteiger partial charge is 0.504 e. The van der Waals surface area contributed by atoms with Crippen LogP contribution in [0.5, 0.6) is 11.5 Å². The van der Waals surface area contributed by atoms with Gasteiger partial charge >= 0.3 is 0 Å². The van der Waals surface area contributed by atoms with Crippen molar-refractivity contribution in [3.8, 4) is 23.8 Å². The second-order valence-electron chi connectivity index (χ2n) is 2.50. The van der Waals surface area contributed by atoms with Gasteiger partial charge in [0, 0.05) is 0 Å². The first-order valence-corrected chi connectivity index (χ1v) is 3.70. The molecular weight excluding hydrogens is 168 g/mol. The van der Waals surface area contributed by atoms with Gasteiger partial charge in [-0.05, 0) is 17.7 Å². The Morgan fingerprint density at radius 3 is 2.69 bits per heavy atom. The van der Waals surface area contributed by atoms with Crippen molar-refractivity contribution in [3.05, 3.63) is 23.8 Å². The van der Waals surface area contributed by atoms with Gasteiger partial charge in [0.25, 0.3) is 0 Å². The third-order valence-electron chi connectivity index (χ3n) is 1.68. The Balaban J connectivity index is 3.04. The number of hydrogen-bond acceptors (Lipinski definition) is 3. The average molecular weight is 178 g/mol. The van der Waals surface area contributed by atoms with E-state index < -0.39 is 6.10 Å². The molecule has 3 heteroatoms. The number of phenolic OH excluding ortho intramolecular Hbond substituents is 1. The molecule has 0 amide bonds. The first kappa shape index (κ1) is 9.43. The van der Waals surface area contributed by atoms with Gasteiger partial charge in [-0.1, -0.05) is 12.0 Å². The number of benzene rings is 1. The molecule has 1 rings (SSSR count). The maximum Gasteiger partial charge on any atom is 0.160 e. The molecule has 13 heavy (non-hydrogen) atoms. The van der Waals surface area contributed by atoms with Gasteiger partial charge in [-0.3, -0.25) is 0 Å². The van der Waals surface area contributed by atoms with Gasteiger partial charge in [-0.2, -0.15) is 0 Å². The van der Waals surface area contributed by atoms with Crippen LogP contribution in [0.15, 0.2) is 18.2 Å². The molecule has 0 fully saturated rings. The molecule has 0 aliphatic rings. The zero-order chi connectivity index (χ0) is 9.84. The van der Waals surface area contributed by atoms with Crippen molar-refractivity contribution in [1.82, 2.24) is 0 Å². The normalized spacial score (nSPS) is 11.8. The van der Waals surface area contributed by atoms with E-state index in [1.54, 1.807) is 12.1 Å². The minimum absolute atomic E-state index is 0.0331. The molecule has 0 radical (unpaired) electrons. The van der Waals surface area contributed by atoms with Crippen molar-refractivity contribution >= 4 is 0 Å². The van der Waals surface area contributed by atoms with E-state index in [1.807, 2.05) is 0 Å². The Hall–Kier alpha value is -1.66. The SMILES string of the molecule is C#CC(O)c1ccc(OC)c(O)c1. The molecule has 0 heterocycles. The summed E-state index contributed by atoms with van der Waals surface area (Å²) in [6.45, 7) is 0. The second kappa shape index (κ2) is 3.83. The predicted molar refractivity (Wildman–Crippen MR) is 48.5 cm³/mol. The Kier molecular flexibility index (Phi) is 2.78. The van der Waals surface area contributed by atoms with Crippen molar-refractivity contribution in [3.63, 3.8) is 0 Å². The van der Waals surface area contributed by atoms with Gasteiger partial charge in [0.05, 0.1) is 7.11 Å². The summed E-state index contributed by atoms with van der Waals surface area (Å²) in [5.74, 6) is 2.47. The van der Waals surface area contributed by atoms with Crippen LogP contribution in [0.4, 0.5) is 0 Å². The zero-order valence-electron chi connectivity index (χ0n) is 7.19. The van der Waals surface area contributed by atoms with Crippen LogP contribution in [0.25, 0.3) is 0 Å². The predicted octanol–water partition coefficient (Wildman–Crippen LogP) is 1.07. The molecule has 1 aromatic carbocycles. The Labute approximate surface area is 76.6 Å². The molecule has 1 aromatic rings. The van der Waals surface area contributed by atoms with Gasteiger partial charge in [-0.15, -0.1) is 6.42 Å². The molecule has 0 saturated carbocycles. The lowest BCUT2D eigenvalue weighted by molar-refractivity contribution is 0.237. The van der Waals surface area contributed by atoms with E-state index in [0.717, 1.165) is 0 Å². The van der Waals surface area contributed by atoms with Crippen LogP contribution in [0.1, 0.15) is 11.7 Å². The van der Waals surface area contributed by atoms with Crippen LogP contribution in [0, 0.1) is 12.3 Å². The lowest BCUT2D eigenvalue weighted by atomic mass is 10.1. The summed E-state index contributed by atoms with van der Waals surface area (Å²) in [4.78, 5) is 0. The van der Waals surface area contributed by atoms with Gasteiger partial charge in [0.1, 0.15) is 6.10 Å². The fourth-order valence-corrected chi connectivity index (χ4v) is 0.973. The second-order valence-corrected chi connectivity index (χ2v) is 2.50. The number of aliphatic hydroxyl groups is 1. The smallest absolute Gasteiger partial charge is 0.160 e. The van der Waals surface area contributed by atoms with E-state index in [1.165, 1.54) is 13.2 Å². The fraction of sp³-hybridized carbons (Fsp3) is 0.200. The number of hydrogen-bond donors (Lipinski definition) is 2. The van der Waals surface area contributed by atoms with Gasteiger partial charge < -0.3 is 14.9 Å². The molecule has 2 N–H and O–H groups in total. The summed E-state index contributed by atoms with van der Waals surface area (Å²) in [7, 11) is 1.45. The van der Waals surface area contributed by atoms with Gasteiger partial charge in [0.2, 0.25) is 0 Å². The molecule has 0 aromatic heterocycles. The number of terminal acetylenes is 1. The number of rotatable bonds is 2. The van der Waals surface area contributed by atoms with Crippen molar-refractivity contribution in [1.29, 1.82) is 0 Å². The lowest BCUT2D eigenvalue weighted by Gasteiger charge is -2.07. The number of aliphatic hydroxyl groups excluding tert-OH is 1. The van der Waals surface area contributed by atoms with Crippen LogP contribution in [0.3, 0.4) is 0 Å². The third kappa shape index (κ3) is 1.92. The molecule has 0 saturated heterocycles. The molecular formula is C10H10O3. The van der Waals surface area contributed by atoms with Crippen LogP contribution in [-0.4, -0.2) is 17.3 Å². The highest BCUT2D eigenvalue weighted by molar-refractivity contribution is 5.43. The molecule has 0 bridgehead atoms. The Morgan fingerprint density at radius 1 is 1.54 bits per heavy atom. The van der Waals surface area contributed by atoms with E-state index in [2.05, 4.69) is 5.92 Å². The van der Waals surface area contributed by atoms with Gasteiger partial charge in [-0.25, -0.2) is 0 Å². The highest BCUT2D eigenvalue weighted by atomic mass is 16.5. The van der Waals surface area contributed by atoms with E-state index in [0.29, 0.717) is 11.3 Å². The van der Waals surface area contributed by atoms with Crippen LogP contribution in [0.2, 0.25) is 0 Å². The molecule has 0 spiro atoms. The van der Waals surface area contributed by atoms with E-state index in [4.69, 9.17) is 11.2 Å². The molecule has 0 aliphatic carbocycles. The number of phenols is 1. The van der Waals surface area contributed by atoms with Crippen LogP contribution >= 0.6 is 0 Å². The quantitative estimate of drug-likeness (QED) is 0.666. The lowest BCUT2D eigenvalue weighted by Crippen LogP contribution is -1.93. The van der Waals surface area contributed by atoms with Crippen molar-refractivity contribution < 1.29 is 14.9 Å². The molecule has 68 valence electrons. The first-order chi connectivity index (χ1) is 6.19. The zero-order valence-corrected chi connectivity index (χ0v) is 7.19. The third-order valence-corrected chi connectivity index (χ3v) is 1.68. The monoisotopic (exact) mass is 178 g/mol. The standard InChI is InChI=1S/C10H10O3/c1-3-8(11)7-4-5-10(13-2)9(12)6-7/h1,4-6,8,11-12H,2H3. The summed E-state index contributed by atoms with van der Waals surface area (Å²) in [6.07, 6.45) is 4.02. The highest BCUT2D eigenvalue weighted by Gasteiger charge is 2.07. The van der Waals surface area contributed by atoms with Gasteiger partial charge in [0.15, 0.2) is 11.5 Å². The average Bonchev–Trinajstić information content (AvgIpc) is 2.16. The molecule has 3 nitrogen and oxygen atoms in total. The maximum absolute atomic E-state index is 9.33. The summed E-state index contributed by atoms with van der Waals surface area (Å²) >= 11 is 0. The van der Waals surface area contributed by atoms with Crippen LogP contribution < -0.4 is 4.74 Å². The highest BCUT2D eigenvalue weighted by Crippen LogP contribution is 2.28. The topological polar surface area (TPSA) is 49.7 Å². The summed E-state index contributed by atoms with van der Waals surface area (Å²) in [5, 5.41) is 18.6. The maximum atomic E-state index is 9.33. The molecule has 1 atom stereocenters. The van der Waals surface area contributed by atoms with E-state index >= 15 is 0 Å². The summed E-state index contributed by atoms with van der Waals surface area (Å²) in [5.41, 5.74) is 0.473. The Bertz CT molecular complexity index is 339. The number of ether oxygens (including phenoxy) is 1. The van der Waals surface area contributed by atoms with E-state index in [-0.39, 0.29) is 5.75 Å². The summed E-state index contributed by atoms with van der Waals surface area (Å²) in [6, 6.07) is 4.53. The minimum atomic E-state index is -0.989. The molecule has 0 aliphatic heterocycles. The van der Waals surface area contributed by atoms with E-state index in [9.17, 15) is 10.2 Å². The molecule has 1 unspecified atom stereocenters. The first-order valence-electron chi connectivity index (χ1n) is 3.70. The number of methoxy groups -OCH3 is 1.